The molecule has 0 bridgehead atoms. The van der Waals surface area contributed by atoms with Crippen molar-refractivity contribution in [1.82, 2.24) is 9.97 Å². The molecule has 0 aliphatic rings. The van der Waals surface area contributed by atoms with Crippen molar-refractivity contribution in [3.8, 4) is 11.6 Å². The van der Waals surface area contributed by atoms with Gasteiger partial charge >= 0.3 is 0 Å². The second-order valence-electron chi connectivity index (χ2n) is 5.84. The maximum atomic E-state index is 5.92. The molecule has 1 N–H and O–H groups in total. The van der Waals surface area contributed by atoms with Gasteiger partial charge in [0.05, 0.1) is 12.4 Å². The predicted molar refractivity (Wildman–Crippen MR) is 81.5 cm³/mol. The van der Waals surface area contributed by atoms with Crippen LogP contribution in [0.3, 0.4) is 0 Å². The second-order valence-corrected chi connectivity index (χ2v) is 5.84. The number of aromatic nitrogens is 2. The smallest absolute Gasteiger partial charge is 0.239 e. The highest BCUT2D eigenvalue weighted by Gasteiger charge is 2.19. The molecule has 0 spiro atoms. The van der Waals surface area contributed by atoms with Crippen LogP contribution < -0.4 is 10.1 Å². The van der Waals surface area contributed by atoms with E-state index >= 15 is 0 Å². The highest BCUT2D eigenvalue weighted by atomic mass is 16.5. The third kappa shape index (κ3) is 3.26. The zero-order valence-electron chi connectivity index (χ0n) is 12.7. The lowest BCUT2D eigenvalue weighted by atomic mass is 9.85. The average Bonchev–Trinajstić information content (AvgIpc) is 2.40. The summed E-state index contributed by atoms with van der Waals surface area (Å²) in [6, 6.07) is 6.19. The maximum Gasteiger partial charge on any atom is 0.239 e. The minimum absolute atomic E-state index is 0.00932. The zero-order chi connectivity index (χ0) is 14.8. The standard InChI is InChI=1S/C16H21N3O/c1-11-6-7-13(12(8-11)16(2,3)4)20-15-10-18-9-14(17-5)19-15/h6-10H,1-5H3,(H,17,19). The summed E-state index contributed by atoms with van der Waals surface area (Å²) < 4.78 is 5.92. The molecular formula is C16H21N3O. The molecule has 20 heavy (non-hydrogen) atoms. The molecule has 1 heterocycles. The first-order chi connectivity index (χ1) is 9.40. The molecule has 0 amide bonds. The third-order valence-corrected chi connectivity index (χ3v) is 3.03. The Bertz CT molecular complexity index is 603. The lowest BCUT2D eigenvalue weighted by molar-refractivity contribution is 0.438. The van der Waals surface area contributed by atoms with E-state index < -0.39 is 0 Å². The Kier molecular flexibility index (Phi) is 3.93. The Morgan fingerprint density at radius 2 is 1.90 bits per heavy atom. The van der Waals surface area contributed by atoms with E-state index in [0.29, 0.717) is 11.7 Å². The Hall–Kier alpha value is -2.10. The van der Waals surface area contributed by atoms with Crippen LogP contribution in [0, 0.1) is 6.92 Å². The predicted octanol–water partition coefficient (Wildman–Crippen LogP) is 3.92. The minimum atomic E-state index is 0.00932. The summed E-state index contributed by atoms with van der Waals surface area (Å²) in [4.78, 5) is 8.45. The topological polar surface area (TPSA) is 47.0 Å². The monoisotopic (exact) mass is 271 g/mol. The molecule has 0 aliphatic carbocycles. The molecule has 0 saturated carbocycles. The lowest BCUT2D eigenvalue weighted by Crippen LogP contribution is -2.13. The first-order valence-electron chi connectivity index (χ1n) is 6.69. The molecule has 2 aromatic rings. The molecule has 0 saturated heterocycles. The second kappa shape index (κ2) is 5.49. The molecule has 0 unspecified atom stereocenters. The molecular weight excluding hydrogens is 250 g/mol. The summed E-state index contributed by atoms with van der Waals surface area (Å²) in [6.45, 7) is 8.60. The van der Waals surface area contributed by atoms with Crippen molar-refractivity contribution in [2.75, 3.05) is 12.4 Å². The number of rotatable bonds is 3. The largest absolute Gasteiger partial charge is 0.437 e. The number of nitrogens with zero attached hydrogens (tertiary/aromatic N) is 2. The molecule has 0 radical (unpaired) electrons. The van der Waals surface area contributed by atoms with Gasteiger partial charge in [-0.05, 0) is 18.4 Å². The van der Waals surface area contributed by atoms with Crippen LogP contribution in [0.1, 0.15) is 31.9 Å². The van der Waals surface area contributed by atoms with Crippen LogP contribution in [0.4, 0.5) is 5.82 Å². The van der Waals surface area contributed by atoms with Crippen molar-refractivity contribution in [1.29, 1.82) is 0 Å². The van der Waals surface area contributed by atoms with Crippen molar-refractivity contribution in [3.05, 3.63) is 41.7 Å². The van der Waals surface area contributed by atoms with Crippen molar-refractivity contribution in [3.63, 3.8) is 0 Å². The Morgan fingerprint density at radius 3 is 2.55 bits per heavy atom. The van der Waals surface area contributed by atoms with Crippen molar-refractivity contribution in [2.45, 2.75) is 33.1 Å². The quantitative estimate of drug-likeness (QED) is 0.919. The fourth-order valence-electron chi connectivity index (χ4n) is 1.95. The van der Waals surface area contributed by atoms with Crippen LogP contribution in [0.15, 0.2) is 30.6 Å². The number of anilines is 1. The summed E-state index contributed by atoms with van der Waals surface area (Å²) in [5.74, 6) is 2.00. The van der Waals surface area contributed by atoms with E-state index in [0.717, 1.165) is 11.3 Å². The Morgan fingerprint density at radius 1 is 1.15 bits per heavy atom. The number of ether oxygens (including phenoxy) is 1. The molecule has 1 aromatic heterocycles. The van der Waals surface area contributed by atoms with Gasteiger partial charge in [-0.25, -0.2) is 0 Å². The van der Waals surface area contributed by atoms with E-state index in [1.807, 2.05) is 12.1 Å². The van der Waals surface area contributed by atoms with Crippen molar-refractivity contribution < 1.29 is 4.74 Å². The minimum Gasteiger partial charge on any atom is -0.437 e. The van der Waals surface area contributed by atoms with E-state index in [1.165, 1.54) is 5.56 Å². The SMILES string of the molecule is CNc1cncc(Oc2ccc(C)cc2C(C)(C)C)n1. The van der Waals surface area contributed by atoms with Gasteiger partial charge in [0.1, 0.15) is 11.6 Å². The molecule has 4 heteroatoms. The number of aryl methyl sites for hydroxylation is 1. The van der Waals surface area contributed by atoms with E-state index in [9.17, 15) is 0 Å². The van der Waals surface area contributed by atoms with Crippen LogP contribution in [0.2, 0.25) is 0 Å². The van der Waals surface area contributed by atoms with E-state index in [4.69, 9.17) is 4.74 Å². The van der Waals surface area contributed by atoms with Gasteiger partial charge in [-0.15, -0.1) is 0 Å². The molecule has 2 rings (SSSR count). The molecule has 0 atom stereocenters. The van der Waals surface area contributed by atoms with Gasteiger partial charge in [-0.2, -0.15) is 4.98 Å². The van der Waals surface area contributed by atoms with E-state index in [1.54, 1.807) is 19.4 Å². The van der Waals surface area contributed by atoms with Gasteiger partial charge in [0.25, 0.3) is 0 Å². The Labute approximate surface area is 120 Å². The highest BCUT2D eigenvalue weighted by molar-refractivity contribution is 5.43. The van der Waals surface area contributed by atoms with Crippen LogP contribution in [0.25, 0.3) is 0 Å². The zero-order valence-corrected chi connectivity index (χ0v) is 12.7. The number of hydrogen-bond acceptors (Lipinski definition) is 4. The fourth-order valence-corrected chi connectivity index (χ4v) is 1.95. The summed E-state index contributed by atoms with van der Waals surface area (Å²) >= 11 is 0. The molecule has 0 aliphatic heterocycles. The van der Waals surface area contributed by atoms with Gasteiger partial charge in [-0.3, -0.25) is 4.98 Å². The number of nitrogens with one attached hydrogen (secondary N) is 1. The van der Waals surface area contributed by atoms with Gasteiger partial charge in [0.15, 0.2) is 0 Å². The van der Waals surface area contributed by atoms with Crippen LogP contribution in [-0.2, 0) is 5.41 Å². The van der Waals surface area contributed by atoms with Crippen LogP contribution >= 0.6 is 0 Å². The third-order valence-electron chi connectivity index (χ3n) is 3.03. The van der Waals surface area contributed by atoms with Gasteiger partial charge < -0.3 is 10.1 Å². The van der Waals surface area contributed by atoms with Gasteiger partial charge in [-0.1, -0.05) is 38.5 Å². The van der Waals surface area contributed by atoms with Gasteiger partial charge in [0.2, 0.25) is 5.88 Å². The van der Waals surface area contributed by atoms with E-state index in [-0.39, 0.29) is 5.41 Å². The average molecular weight is 271 g/mol. The first-order valence-corrected chi connectivity index (χ1v) is 6.69. The van der Waals surface area contributed by atoms with E-state index in [2.05, 4.69) is 49.0 Å². The molecule has 0 fully saturated rings. The Balaban J connectivity index is 2.38. The maximum absolute atomic E-state index is 5.92. The lowest BCUT2D eigenvalue weighted by Gasteiger charge is -2.23. The fraction of sp³-hybridized carbons (Fsp3) is 0.375. The molecule has 106 valence electrons. The molecule has 4 nitrogen and oxygen atoms in total. The summed E-state index contributed by atoms with van der Waals surface area (Å²) in [7, 11) is 1.81. The number of benzene rings is 1. The molecule has 1 aromatic carbocycles. The first kappa shape index (κ1) is 14.3. The van der Waals surface area contributed by atoms with Gasteiger partial charge in [0, 0.05) is 12.6 Å². The summed E-state index contributed by atoms with van der Waals surface area (Å²) in [6.07, 6.45) is 3.28. The summed E-state index contributed by atoms with van der Waals surface area (Å²) in [5, 5.41) is 2.95. The normalized spacial score (nSPS) is 11.2. The van der Waals surface area contributed by atoms with Crippen LogP contribution in [-0.4, -0.2) is 17.0 Å². The summed E-state index contributed by atoms with van der Waals surface area (Å²) in [5.41, 5.74) is 2.39. The van der Waals surface area contributed by atoms with Crippen LogP contribution in [0.5, 0.6) is 11.6 Å². The number of hydrogen-bond donors (Lipinski definition) is 1. The van der Waals surface area contributed by atoms with Crippen molar-refractivity contribution in [2.24, 2.45) is 0 Å². The van der Waals surface area contributed by atoms with Crippen molar-refractivity contribution >= 4 is 5.82 Å². The highest BCUT2D eigenvalue weighted by Crippen LogP contribution is 2.34.